The maximum absolute atomic E-state index is 5.58. The van der Waals surface area contributed by atoms with Gasteiger partial charge in [-0.3, -0.25) is 0 Å². The van der Waals surface area contributed by atoms with Gasteiger partial charge in [0.05, 0.1) is 6.10 Å². The third-order valence-electron chi connectivity index (χ3n) is 2.98. The van der Waals surface area contributed by atoms with Crippen molar-refractivity contribution in [1.29, 1.82) is 0 Å². The summed E-state index contributed by atoms with van der Waals surface area (Å²) in [5, 5.41) is 3.49. The van der Waals surface area contributed by atoms with E-state index in [0.717, 1.165) is 19.7 Å². The molecule has 90 valence electrons. The van der Waals surface area contributed by atoms with Crippen molar-refractivity contribution < 1.29 is 4.74 Å². The quantitative estimate of drug-likeness (QED) is 0.544. The smallest absolute Gasteiger partial charge is 0.0576 e. The number of halogens is 1. The standard InChI is InChI=1S/C12H24BrNO/c1-2-11(13)7-9-14-8-3-5-12-6-4-10-15-12/h11-12,14H,2-10H2,1H3. The van der Waals surface area contributed by atoms with E-state index >= 15 is 0 Å². The summed E-state index contributed by atoms with van der Waals surface area (Å²) in [4.78, 5) is 0.683. The Bertz CT molecular complexity index is 149. The Labute approximate surface area is 102 Å². The number of hydrogen-bond acceptors (Lipinski definition) is 2. The molecule has 0 aromatic rings. The molecule has 0 amide bonds. The highest BCUT2D eigenvalue weighted by atomic mass is 79.9. The van der Waals surface area contributed by atoms with Gasteiger partial charge in [0.2, 0.25) is 0 Å². The van der Waals surface area contributed by atoms with E-state index in [0.29, 0.717) is 10.9 Å². The Hall–Kier alpha value is 0.400. The van der Waals surface area contributed by atoms with Crippen LogP contribution in [0, 0.1) is 0 Å². The zero-order chi connectivity index (χ0) is 10.9. The first-order valence-corrected chi connectivity index (χ1v) is 7.21. The predicted molar refractivity (Wildman–Crippen MR) is 68.7 cm³/mol. The van der Waals surface area contributed by atoms with E-state index in [2.05, 4.69) is 28.2 Å². The molecule has 0 aromatic heterocycles. The first-order chi connectivity index (χ1) is 7.33. The van der Waals surface area contributed by atoms with E-state index in [4.69, 9.17) is 4.74 Å². The van der Waals surface area contributed by atoms with Gasteiger partial charge in [0.1, 0.15) is 0 Å². The van der Waals surface area contributed by atoms with Gasteiger partial charge in [-0.1, -0.05) is 22.9 Å². The lowest BCUT2D eigenvalue weighted by molar-refractivity contribution is 0.102. The van der Waals surface area contributed by atoms with E-state index in [1.807, 2.05) is 0 Å². The number of nitrogens with one attached hydrogen (secondary N) is 1. The minimum absolute atomic E-state index is 0.561. The Balaban J connectivity index is 1.80. The van der Waals surface area contributed by atoms with Crippen LogP contribution in [0.3, 0.4) is 0 Å². The fourth-order valence-electron chi connectivity index (χ4n) is 1.91. The maximum atomic E-state index is 5.58. The van der Waals surface area contributed by atoms with Gasteiger partial charge in [0.25, 0.3) is 0 Å². The highest BCUT2D eigenvalue weighted by molar-refractivity contribution is 9.09. The Kier molecular flexibility index (Phi) is 7.67. The molecule has 1 heterocycles. The van der Waals surface area contributed by atoms with E-state index in [-0.39, 0.29) is 0 Å². The lowest BCUT2D eigenvalue weighted by atomic mass is 10.1. The first kappa shape index (κ1) is 13.5. The van der Waals surface area contributed by atoms with Gasteiger partial charge in [0.15, 0.2) is 0 Å². The van der Waals surface area contributed by atoms with Crippen LogP contribution in [0.5, 0.6) is 0 Å². The normalized spacial score (nSPS) is 23.2. The molecule has 1 N–H and O–H groups in total. The molecule has 0 saturated carbocycles. The summed E-state index contributed by atoms with van der Waals surface area (Å²) in [5.41, 5.74) is 0. The van der Waals surface area contributed by atoms with Gasteiger partial charge in [-0.2, -0.15) is 0 Å². The molecule has 1 aliphatic rings. The molecule has 0 spiro atoms. The molecule has 0 aromatic carbocycles. The largest absolute Gasteiger partial charge is 0.378 e. The summed E-state index contributed by atoms with van der Waals surface area (Å²) < 4.78 is 5.58. The molecule has 2 unspecified atom stereocenters. The molecule has 1 aliphatic heterocycles. The van der Waals surface area contributed by atoms with Crippen molar-refractivity contribution in [2.24, 2.45) is 0 Å². The SMILES string of the molecule is CCC(Br)CCNCCCC1CCCO1. The molecule has 0 radical (unpaired) electrons. The average molecular weight is 278 g/mol. The van der Waals surface area contributed by atoms with Gasteiger partial charge in [-0.15, -0.1) is 0 Å². The fraction of sp³-hybridized carbons (Fsp3) is 1.00. The Morgan fingerprint density at radius 2 is 2.33 bits per heavy atom. The lowest BCUT2D eigenvalue weighted by Gasteiger charge is -2.10. The molecule has 1 saturated heterocycles. The van der Waals surface area contributed by atoms with Crippen LogP contribution in [0.25, 0.3) is 0 Å². The number of rotatable bonds is 8. The van der Waals surface area contributed by atoms with E-state index in [1.54, 1.807) is 0 Å². The minimum Gasteiger partial charge on any atom is -0.378 e. The summed E-state index contributed by atoms with van der Waals surface area (Å²) in [6, 6.07) is 0. The van der Waals surface area contributed by atoms with Crippen molar-refractivity contribution in [1.82, 2.24) is 5.32 Å². The second-order valence-corrected chi connectivity index (χ2v) is 5.62. The molecular formula is C12H24BrNO. The monoisotopic (exact) mass is 277 g/mol. The summed E-state index contributed by atoms with van der Waals surface area (Å²) in [6.45, 7) is 5.48. The van der Waals surface area contributed by atoms with E-state index in [9.17, 15) is 0 Å². The van der Waals surface area contributed by atoms with Gasteiger partial charge in [-0.25, -0.2) is 0 Å². The summed E-state index contributed by atoms with van der Waals surface area (Å²) in [5.74, 6) is 0. The molecule has 1 rings (SSSR count). The maximum Gasteiger partial charge on any atom is 0.0576 e. The average Bonchev–Trinajstić information content (AvgIpc) is 2.75. The molecule has 15 heavy (non-hydrogen) atoms. The predicted octanol–water partition coefficient (Wildman–Crippen LogP) is 3.10. The second-order valence-electron chi connectivity index (χ2n) is 4.32. The number of alkyl halides is 1. The van der Waals surface area contributed by atoms with Crippen molar-refractivity contribution in [2.45, 2.75) is 56.4 Å². The highest BCUT2D eigenvalue weighted by Crippen LogP contribution is 2.16. The van der Waals surface area contributed by atoms with Gasteiger partial charge < -0.3 is 10.1 Å². The lowest BCUT2D eigenvalue weighted by Crippen LogP contribution is -2.20. The van der Waals surface area contributed by atoms with Crippen LogP contribution < -0.4 is 5.32 Å². The van der Waals surface area contributed by atoms with Crippen molar-refractivity contribution in [2.75, 3.05) is 19.7 Å². The minimum atomic E-state index is 0.561. The van der Waals surface area contributed by atoms with Gasteiger partial charge >= 0.3 is 0 Å². The zero-order valence-corrected chi connectivity index (χ0v) is 11.4. The zero-order valence-electron chi connectivity index (χ0n) is 9.80. The topological polar surface area (TPSA) is 21.3 Å². The summed E-state index contributed by atoms with van der Waals surface area (Å²) >= 11 is 3.64. The highest BCUT2D eigenvalue weighted by Gasteiger charge is 2.14. The van der Waals surface area contributed by atoms with Crippen LogP contribution in [-0.2, 0) is 4.74 Å². The molecule has 0 bridgehead atoms. The molecule has 2 nitrogen and oxygen atoms in total. The molecule has 2 atom stereocenters. The van der Waals surface area contributed by atoms with Gasteiger partial charge in [0, 0.05) is 11.4 Å². The molecular weight excluding hydrogens is 254 g/mol. The first-order valence-electron chi connectivity index (χ1n) is 6.29. The van der Waals surface area contributed by atoms with Gasteiger partial charge in [-0.05, 0) is 51.6 Å². The summed E-state index contributed by atoms with van der Waals surface area (Å²) in [7, 11) is 0. The van der Waals surface area contributed by atoms with Crippen molar-refractivity contribution in [3.8, 4) is 0 Å². The van der Waals surface area contributed by atoms with Crippen molar-refractivity contribution in [3.05, 3.63) is 0 Å². The third kappa shape index (κ3) is 6.54. The number of hydrogen-bond donors (Lipinski definition) is 1. The molecule has 1 fully saturated rings. The van der Waals surface area contributed by atoms with Crippen molar-refractivity contribution in [3.63, 3.8) is 0 Å². The molecule has 0 aliphatic carbocycles. The second kappa shape index (κ2) is 8.54. The van der Waals surface area contributed by atoms with Crippen LogP contribution in [0.1, 0.15) is 45.4 Å². The number of ether oxygens (including phenoxy) is 1. The Morgan fingerprint density at radius 1 is 1.47 bits per heavy atom. The van der Waals surface area contributed by atoms with Crippen LogP contribution in [0.4, 0.5) is 0 Å². The van der Waals surface area contributed by atoms with Crippen LogP contribution in [0.2, 0.25) is 0 Å². The van der Waals surface area contributed by atoms with Crippen LogP contribution >= 0.6 is 15.9 Å². The van der Waals surface area contributed by atoms with Crippen LogP contribution in [-0.4, -0.2) is 30.6 Å². The molecule has 3 heteroatoms. The van der Waals surface area contributed by atoms with Crippen molar-refractivity contribution >= 4 is 15.9 Å². The Morgan fingerprint density at radius 3 is 3.00 bits per heavy atom. The van der Waals surface area contributed by atoms with E-state index in [1.165, 1.54) is 38.5 Å². The third-order valence-corrected chi connectivity index (χ3v) is 4.09. The summed E-state index contributed by atoms with van der Waals surface area (Å²) in [6.07, 6.45) is 8.04. The fourth-order valence-corrected chi connectivity index (χ4v) is 2.14. The van der Waals surface area contributed by atoms with E-state index < -0.39 is 0 Å². The van der Waals surface area contributed by atoms with Crippen LogP contribution in [0.15, 0.2) is 0 Å².